The zero-order valence-electron chi connectivity index (χ0n) is 14.0. The number of anilines is 1. The molecule has 3 nitrogen and oxygen atoms in total. The topological polar surface area (TPSA) is 32.5 Å². The number of hydrogen-bond donors (Lipinski definition) is 1. The molecule has 0 saturated carbocycles. The van der Waals surface area contributed by atoms with E-state index in [9.17, 15) is 0 Å². The van der Waals surface area contributed by atoms with Crippen LogP contribution in [0.5, 0.6) is 0 Å². The summed E-state index contributed by atoms with van der Waals surface area (Å²) in [7, 11) is 6.26. The van der Waals surface area contributed by atoms with E-state index in [0.29, 0.717) is 6.54 Å². The van der Waals surface area contributed by atoms with Crippen molar-refractivity contribution < 1.29 is 0 Å². The Hall–Kier alpha value is -1.55. The Morgan fingerprint density at radius 3 is 2.48 bits per heavy atom. The molecule has 0 aromatic heterocycles. The Bertz CT molecular complexity index is 682. The van der Waals surface area contributed by atoms with Crippen molar-refractivity contribution in [1.82, 2.24) is 4.90 Å². The molecule has 2 unspecified atom stereocenters. The Morgan fingerprint density at radius 2 is 1.87 bits per heavy atom. The minimum absolute atomic E-state index is 0.237. The average molecular weight is 330 g/mol. The van der Waals surface area contributed by atoms with Gasteiger partial charge in [0.15, 0.2) is 0 Å². The van der Waals surface area contributed by atoms with Crippen molar-refractivity contribution in [2.75, 3.05) is 39.1 Å². The second-order valence-electron chi connectivity index (χ2n) is 6.47. The van der Waals surface area contributed by atoms with Crippen LogP contribution >= 0.6 is 11.6 Å². The van der Waals surface area contributed by atoms with Gasteiger partial charge in [-0.05, 0) is 41.9 Å². The van der Waals surface area contributed by atoms with Crippen molar-refractivity contribution in [2.45, 2.75) is 12.0 Å². The summed E-state index contributed by atoms with van der Waals surface area (Å²) < 4.78 is 0. The van der Waals surface area contributed by atoms with E-state index in [1.54, 1.807) is 0 Å². The molecule has 4 heteroatoms. The third-order valence-electron chi connectivity index (χ3n) is 4.83. The third kappa shape index (κ3) is 2.97. The number of hydrogen-bond acceptors (Lipinski definition) is 3. The van der Waals surface area contributed by atoms with E-state index in [1.807, 2.05) is 12.1 Å². The predicted octanol–water partition coefficient (Wildman–Crippen LogP) is 3.48. The highest BCUT2D eigenvalue weighted by atomic mass is 35.5. The van der Waals surface area contributed by atoms with Gasteiger partial charge in [0, 0.05) is 49.9 Å². The van der Waals surface area contributed by atoms with Crippen molar-refractivity contribution in [3.05, 3.63) is 64.2 Å². The van der Waals surface area contributed by atoms with Crippen LogP contribution in [0.2, 0.25) is 5.02 Å². The molecule has 0 saturated heterocycles. The first-order valence-corrected chi connectivity index (χ1v) is 8.36. The second kappa shape index (κ2) is 6.52. The molecule has 0 radical (unpaired) electrons. The largest absolute Gasteiger partial charge is 0.378 e. The first-order chi connectivity index (χ1) is 11.0. The summed E-state index contributed by atoms with van der Waals surface area (Å²) in [4.78, 5) is 4.45. The van der Waals surface area contributed by atoms with Gasteiger partial charge in [0.1, 0.15) is 0 Å². The Labute approximate surface area is 143 Å². The lowest BCUT2D eigenvalue weighted by atomic mass is 9.81. The quantitative estimate of drug-likeness (QED) is 0.935. The van der Waals surface area contributed by atoms with Gasteiger partial charge in [0.2, 0.25) is 0 Å². The fourth-order valence-electron chi connectivity index (χ4n) is 3.54. The van der Waals surface area contributed by atoms with Crippen LogP contribution in [0, 0.1) is 0 Å². The van der Waals surface area contributed by atoms with Crippen LogP contribution < -0.4 is 10.6 Å². The predicted molar refractivity (Wildman–Crippen MR) is 98.5 cm³/mol. The fourth-order valence-corrected chi connectivity index (χ4v) is 3.85. The van der Waals surface area contributed by atoms with Crippen LogP contribution in [0.3, 0.4) is 0 Å². The van der Waals surface area contributed by atoms with Crippen LogP contribution in [-0.2, 0) is 0 Å². The lowest BCUT2D eigenvalue weighted by molar-refractivity contribution is 0.223. The smallest absolute Gasteiger partial charge is 0.0471 e. The molecule has 0 spiro atoms. The number of fused-ring (bicyclic) bond motifs is 1. The number of benzene rings is 2. The summed E-state index contributed by atoms with van der Waals surface area (Å²) >= 11 is 6.57. The molecule has 2 N–H and O–H groups in total. The van der Waals surface area contributed by atoms with Crippen LogP contribution in [0.4, 0.5) is 5.69 Å². The van der Waals surface area contributed by atoms with Gasteiger partial charge in [0.05, 0.1) is 0 Å². The van der Waals surface area contributed by atoms with Gasteiger partial charge in [-0.2, -0.15) is 0 Å². The monoisotopic (exact) mass is 329 g/mol. The van der Waals surface area contributed by atoms with Gasteiger partial charge in [0.25, 0.3) is 0 Å². The van der Waals surface area contributed by atoms with Crippen molar-refractivity contribution >= 4 is 17.3 Å². The van der Waals surface area contributed by atoms with Gasteiger partial charge in [-0.25, -0.2) is 0 Å². The Kier molecular flexibility index (Phi) is 4.62. The molecule has 2 aromatic carbocycles. The van der Waals surface area contributed by atoms with Crippen LogP contribution in [0.25, 0.3) is 0 Å². The van der Waals surface area contributed by atoms with Crippen molar-refractivity contribution in [3.8, 4) is 0 Å². The molecule has 2 atom stereocenters. The second-order valence-corrected chi connectivity index (χ2v) is 6.88. The summed E-state index contributed by atoms with van der Waals surface area (Å²) in [6.07, 6.45) is 0. The minimum atomic E-state index is 0.237. The van der Waals surface area contributed by atoms with E-state index in [1.165, 1.54) is 22.4 Å². The van der Waals surface area contributed by atoms with Crippen LogP contribution in [0.15, 0.2) is 42.5 Å². The molecule has 0 fully saturated rings. The van der Waals surface area contributed by atoms with Crippen molar-refractivity contribution in [3.63, 3.8) is 0 Å². The van der Waals surface area contributed by atoms with Gasteiger partial charge in [-0.1, -0.05) is 35.9 Å². The van der Waals surface area contributed by atoms with Gasteiger partial charge in [-0.3, -0.25) is 4.90 Å². The SMILES string of the molecule is CN(C)c1ccc(C2CN(C)C(CN)c3cccc(Cl)c32)cc1. The molecule has 3 rings (SSSR count). The lowest BCUT2D eigenvalue weighted by Gasteiger charge is -2.39. The van der Waals surface area contributed by atoms with Crippen molar-refractivity contribution in [1.29, 1.82) is 0 Å². The molecule has 23 heavy (non-hydrogen) atoms. The zero-order chi connectivity index (χ0) is 16.6. The third-order valence-corrected chi connectivity index (χ3v) is 5.16. The Morgan fingerprint density at radius 1 is 1.17 bits per heavy atom. The summed E-state index contributed by atoms with van der Waals surface area (Å²) in [6.45, 7) is 1.54. The summed E-state index contributed by atoms with van der Waals surface area (Å²) in [5.74, 6) is 0.280. The molecule has 0 aliphatic carbocycles. The zero-order valence-corrected chi connectivity index (χ0v) is 14.7. The van der Waals surface area contributed by atoms with E-state index in [0.717, 1.165) is 11.6 Å². The summed E-state index contributed by atoms with van der Waals surface area (Å²) in [5, 5.41) is 0.843. The van der Waals surface area contributed by atoms with Crippen LogP contribution in [-0.4, -0.2) is 39.1 Å². The van der Waals surface area contributed by atoms with Gasteiger partial charge >= 0.3 is 0 Å². The molecule has 0 amide bonds. The van der Waals surface area contributed by atoms with Gasteiger partial charge in [-0.15, -0.1) is 0 Å². The number of halogens is 1. The summed E-state index contributed by atoms with van der Waals surface area (Å²) in [5.41, 5.74) is 11.0. The number of nitrogens with zero attached hydrogens (tertiary/aromatic N) is 2. The molecule has 1 heterocycles. The van der Waals surface area contributed by atoms with E-state index in [4.69, 9.17) is 17.3 Å². The molecule has 0 bridgehead atoms. The first-order valence-electron chi connectivity index (χ1n) is 7.98. The maximum Gasteiger partial charge on any atom is 0.0471 e. The highest BCUT2D eigenvalue weighted by molar-refractivity contribution is 6.31. The molecule has 1 aliphatic rings. The van der Waals surface area contributed by atoms with E-state index >= 15 is 0 Å². The molecule has 2 aromatic rings. The standard InChI is InChI=1S/C19H24ClN3/c1-22(2)14-9-7-13(8-10-14)16-12-23(3)18(11-21)15-5-4-6-17(20)19(15)16/h4-10,16,18H,11-12,21H2,1-3H3. The number of likely N-dealkylation sites (N-methyl/N-ethyl adjacent to an activating group) is 1. The lowest BCUT2D eigenvalue weighted by Crippen LogP contribution is -2.39. The minimum Gasteiger partial charge on any atom is -0.378 e. The average Bonchev–Trinajstić information content (AvgIpc) is 2.54. The van der Waals surface area contributed by atoms with Gasteiger partial charge < -0.3 is 10.6 Å². The maximum atomic E-state index is 6.57. The first kappa shape index (κ1) is 16.3. The molecular formula is C19H24ClN3. The van der Waals surface area contributed by atoms with E-state index < -0.39 is 0 Å². The van der Waals surface area contributed by atoms with E-state index in [-0.39, 0.29) is 12.0 Å². The number of rotatable bonds is 3. The van der Waals surface area contributed by atoms with Crippen molar-refractivity contribution in [2.24, 2.45) is 5.73 Å². The highest BCUT2D eigenvalue weighted by Crippen LogP contribution is 2.42. The molecule has 1 aliphatic heterocycles. The normalized spacial score (nSPS) is 21.1. The number of nitrogens with two attached hydrogens (primary N) is 1. The highest BCUT2D eigenvalue weighted by Gasteiger charge is 2.32. The summed E-state index contributed by atoms with van der Waals surface area (Å²) in [6, 6.07) is 15.2. The van der Waals surface area contributed by atoms with E-state index in [2.05, 4.69) is 61.3 Å². The Balaban J connectivity index is 2.06. The maximum absolute atomic E-state index is 6.57. The molecule has 122 valence electrons. The van der Waals surface area contributed by atoms with Crippen LogP contribution in [0.1, 0.15) is 28.7 Å². The fraction of sp³-hybridized carbons (Fsp3) is 0.368. The molecular weight excluding hydrogens is 306 g/mol.